The van der Waals surface area contributed by atoms with E-state index in [0.29, 0.717) is 31.0 Å². The molecule has 0 radical (unpaired) electrons. The number of carbonyl (C=O) groups excluding carboxylic acids is 2. The lowest BCUT2D eigenvalue weighted by Crippen LogP contribution is -2.51. The Labute approximate surface area is 306 Å². The maximum absolute atomic E-state index is 13.6. The number of nitrogens with zero attached hydrogens (tertiary/aromatic N) is 5. The van der Waals surface area contributed by atoms with E-state index in [1.165, 1.54) is 12.0 Å². The average molecular weight is 713 g/mol. The van der Waals surface area contributed by atoms with Crippen molar-refractivity contribution < 1.29 is 24.2 Å². The van der Waals surface area contributed by atoms with E-state index in [1.807, 2.05) is 44.2 Å². The maximum atomic E-state index is 13.6. The van der Waals surface area contributed by atoms with Crippen LogP contribution in [0.1, 0.15) is 50.4 Å². The van der Waals surface area contributed by atoms with Gasteiger partial charge >= 0.3 is 12.2 Å². The number of carboxylic acid groups (broad SMARTS) is 1. The van der Waals surface area contributed by atoms with Gasteiger partial charge in [0, 0.05) is 18.7 Å². The van der Waals surface area contributed by atoms with Crippen molar-refractivity contribution in [2.24, 2.45) is 11.8 Å². The van der Waals surface area contributed by atoms with Crippen LogP contribution in [0.2, 0.25) is 0 Å². The summed E-state index contributed by atoms with van der Waals surface area (Å²) in [4.78, 5) is 56.2. The van der Waals surface area contributed by atoms with Crippen molar-refractivity contribution in [3.05, 3.63) is 96.9 Å². The van der Waals surface area contributed by atoms with Crippen molar-refractivity contribution >= 4 is 28.9 Å². The number of hydrogen-bond donors (Lipinski definition) is 4. The molecular weight excluding hydrogens is 672 g/mol. The van der Waals surface area contributed by atoms with Crippen LogP contribution in [0.15, 0.2) is 85.2 Å². The number of aromatic amines is 2. The minimum absolute atomic E-state index is 0.145. The highest BCUT2D eigenvalue weighted by molar-refractivity contribution is 5.91. The van der Waals surface area contributed by atoms with E-state index in [4.69, 9.17) is 4.74 Å². The molecule has 13 heteroatoms. The molecule has 0 bridgehead atoms. The first-order valence-corrected chi connectivity index (χ1v) is 17.5. The predicted molar refractivity (Wildman–Crippen MR) is 198 cm³/mol. The largest absolute Gasteiger partial charge is 0.465 e. The van der Waals surface area contributed by atoms with Gasteiger partial charge < -0.3 is 30.0 Å². The fraction of sp³-hybridized carbons (Fsp3) is 0.300. The van der Waals surface area contributed by atoms with Crippen LogP contribution in [0.25, 0.3) is 44.4 Å². The van der Waals surface area contributed by atoms with Crippen LogP contribution in [0.4, 0.5) is 9.59 Å². The number of imidazole rings is 2. The summed E-state index contributed by atoms with van der Waals surface area (Å²) in [6.07, 6.45) is 2.76. The van der Waals surface area contributed by atoms with E-state index in [2.05, 4.69) is 68.2 Å². The van der Waals surface area contributed by atoms with Gasteiger partial charge in [0.1, 0.15) is 17.7 Å². The number of fused-ring (bicyclic) bond motifs is 1. The number of methoxy groups -OCH3 is 1. The van der Waals surface area contributed by atoms with Crippen LogP contribution in [0, 0.1) is 23.2 Å². The van der Waals surface area contributed by atoms with Gasteiger partial charge in [0.05, 0.1) is 55.0 Å². The molecule has 13 nitrogen and oxygen atoms in total. The highest BCUT2D eigenvalue weighted by atomic mass is 16.5. The van der Waals surface area contributed by atoms with Gasteiger partial charge in [-0.3, -0.25) is 9.69 Å². The topological polar surface area (TPSA) is 180 Å². The van der Waals surface area contributed by atoms with Crippen LogP contribution in [0.3, 0.4) is 0 Å². The molecule has 2 aliphatic heterocycles. The van der Waals surface area contributed by atoms with E-state index in [-0.39, 0.29) is 30.3 Å². The summed E-state index contributed by atoms with van der Waals surface area (Å²) in [5.41, 5.74) is 6.50. The number of likely N-dealkylation sites (tertiary alicyclic amines) is 2. The molecule has 0 saturated carbocycles. The first kappa shape index (κ1) is 35.0. The Kier molecular flexibility index (Phi) is 9.45. The summed E-state index contributed by atoms with van der Waals surface area (Å²) < 4.78 is 4.75. The number of amides is 3. The van der Waals surface area contributed by atoms with Crippen LogP contribution in [-0.4, -0.2) is 79.2 Å². The third-order valence-electron chi connectivity index (χ3n) is 10.2. The number of rotatable bonds is 8. The number of H-pyrrole nitrogens is 2. The normalized spacial score (nSPS) is 19.1. The van der Waals surface area contributed by atoms with Gasteiger partial charge in [0.15, 0.2) is 0 Å². The first-order valence-electron chi connectivity index (χ1n) is 17.5. The summed E-state index contributed by atoms with van der Waals surface area (Å²) in [6.45, 7) is 8.46. The number of alkyl carbamates (subject to hydrolysis) is 1. The van der Waals surface area contributed by atoms with E-state index >= 15 is 0 Å². The van der Waals surface area contributed by atoms with Crippen molar-refractivity contribution in [2.75, 3.05) is 20.2 Å². The molecule has 53 heavy (non-hydrogen) atoms. The molecule has 2 saturated heterocycles. The van der Waals surface area contributed by atoms with E-state index in [9.17, 15) is 24.8 Å². The number of benzene rings is 3. The Morgan fingerprint density at radius 3 is 2.11 bits per heavy atom. The third kappa shape index (κ3) is 6.95. The highest BCUT2D eigenvalue weighted by Crippen LogP contribution is 2.37. The number of aromatic nitrogens is 4. The second-order valence-electron chi connectivity index (χ2n) is 14.0. The minimum Gasteiger partial charge on any atom is -0.465 e. The van der Waals surface area contributed by atoms with Crippen molar-refractivity contribution in [1.29, 1.82) is 5.26 Å². The van der Waals surface area contributed by atoms with Crippen LogP contribution in [0.5, 0.6) is 0 Å². The third-order valence-corrected chi connectivity index (χ3v) is 10.2. The summed E-state index contributed by atoms with van der Waals surface area (Å²) in [7, 11) is 1.28. The van der Waals surface area contributed by atoms with Crippen LogP contribution < -0.4 is 5.32 Å². The highest BCUT2D eigenvalue weighted by Gasteiger charge is 2.39. The van der Waals surface area contributed by atoms with E-state index < -0.39 is 24.3 Å². The van der Waals surface area contributed by atoms with Crippen LogP contribution in [-0.2, 0) is 9.53 Å². The van der Waals surface area contributed by atoms with Gasteiger partial charge in [-0.15, -0.1) is 0 Å². The maximum Gasteiger partial charge on any atom is 0.407 e. The zero-order valence-corrected chi connectivity index (χ0v) is 29.7. The molecule has 3 amide bonds. The minimum atomic E-state index is -1.06. The van der Waals surface area contributed by atoms with Gasteiger partial charge in [-0.1, -0.05) is 74.5 Å². The number of nitriles is 1. The second-order valence-corrected chi connectivity index (χ2v) is 14.0. The van der Waals surface area contributed by atoms with Crippen molar-refractivity contribution in [1.82, 2.24) is 35.1 Å². The average Bonchev–Trinajstić information content (AvgIpc) is 3.99. The summed E-state index contributed by atoms with van der Waals surface area (Å²) in [5, 5.41) is 23.8. The molecule has 3 aromatic carbocycles. The predicted octanol–water partition coefficient (Wildman–Crippen LogP) is 7.06. The molecule has 4 heterocycles. The number of ether oxygens (including phenoxy) is 1. The van der Waals surface area contributed by atoms with Crippen LogP contribution >= 0.6 is 0 Å². The van der Waals surface area contributed by atoms with Crippen molar-refractivity contribution in [2.45, 2.75) is 44.8 Å². The quantitative estimate of drug-likeness (QED) is 0.123. The lowest BCUT2D eigenvalue weighted by Gasteiger charge is -2.29. The van der Waals surface area contributed by atoms with Gasteiger partial charge in [0.2, 0.25) is 5.91 Å². The Bertz CT molecular complexity index is 2250. The lowest BCUT2D eigenvalue weighted by atomic mass is 9.98. The molecule has 2 aliphatic rings. The van der Waals surface area contributed by atoms with Crippen molar-refractivity contribution in [3.63, 3.8) is 0 Å². The van der Waals surface area contributed by atoms with Gasteiger partial charge in [-0.25, -0.2) is 19.6 Å². The zero-order valence-electron chi connectivity index (χ0n) is 29.7. The molecule has 7 rings (SSSR count). The molecule has 270 valence electrons. The molecule has 4 N–H and O–H groups in total. The monoisotopic (exact) mass is 712 g/mol. The van der Waals surface area contributed by atoms with Gasteiger partial charge in [-0.05, 0) is 58.4 Å². The zero-order chi connectivity index (χ0) is 37.4. The number of hydrogen-bond acceptors (Lipinski definition) is 7. The SMILES string of the molecule is C=C1CC(c2ncc(-c3ccc4cc(-c5ccc(-c6cnc(C7CC(C#N)CN7C(=O)O)[nH]6)cc5)ccc4c3)[nH]2)N(C(=O)C(NC(=O)OC)C(C)C)C1. The van der Waals surface area contributed by atoms with E-state index in [1.54, 1.807) is 17.3 Å². The molecule has 0 spiro atoms. The Balaban J connectivity index is 1.06. The first-order chi connectivity index (χ1) is 25.5. The lowest BCUT2D eigenvalue weighted by molar-refractivity contribution is -0.135. The molecule has 4 atom stereocenters. The summed E-state index contributed by atoms with van der Waals surface area (Å²) >= 11 is 0. The Morgan fingerprint density at radius 1 is 0.906 bits per heavy atom. The Hall–Kier alpha value is -6.42. The molecule has 4 unspecified atom stereocenters. The number of nitrogens with one attached hydrogen (secondary N) is 3. The smallest absolute Gasteiger partial charge is 0.407 e. The summed E-state index contributed by atoms with van der Waals surface area (Å²) in [5.74, 6) is 0.490. The van der Waals surface area contributed by atoms with Gasteiger partial charge in [-0.2, -0.15) is 5.26 Å². The molecule has 0 aliphatic carbocycles. The molecule has 2 fully saturated rings. The molecule has 2 aromatic heterocycles. The second kappa shape index (κ2) is 14.3. The molecular formula is C40H40N8O5. The summed E-state index contributed by atoms with van der Waals surface area (Å²) in [6, 6.07) is 21.3. The van der Waals surface area contributed by atoms with Gasteiger partial charge in [0.25, 0.3) is 0 Å². The van der Waals surface area contributed by atoms with E-state index in [0.717, 1.165) is 50.0 Å². The number of carbonyl (C=O) groups is 3. The Morgan fingerprint density at radius 2 is 1.49 bits per heavy atom. The molecule has 5 aromatic rings. The fourth-order valence-electron chi connectivity index (χ4n) is 7.29. The standard InChI is InChI=1S/C40H40N8O5/c1-22(2)35(46-39(50)53-4)38(49)47-20-23(3)13-33(47)36-43-19-32(45-36)30-12-11-28-15-27(9-10-29(28)16-30)25-5-7-26(8-6-25)31-18-42-37(44-31)34-14-24(17-41)21-48(34)40(51)52/h5-12,15-16,18-19,22,24,33-35H,3,13-14,20-21H2,1-2,4H3,(H,42,44)(H,43,45)(H,46,50)(H,51,52). The van der Waals surface area contributed by atoms with Crippen molar-refractivity contribution in [3.8, 4) is 39.7 Å². The fourth-order valence-corrected chi connectivity index (χ4v) is 7.29.